The van der Waals surface area contributed by atoms with Crippen LogP contribution in [0.25, 0.3) is 11.3 Å². The number of imidazole rings is 1. The van der Waals surface area contributed by atoms with Crippen LogP contribution in [0.1, 0.15) is 25.2 Å². The largest absolute Gasteiger partial charge is 0.495 e. The molecule has 0 saturated heterocycles. The lowest BCUT2D eigenvalue weighted by Crippen LogP contribution is -2.29. The molecule has 0 aliphatic heterocycles. The van der Waals surface area contributed by atoms with E-state index in [1.165, 1.54) is 25.3 Å². The maximum Gasteiger partial charge on any atom is 0.241 e. The monoisotopic (exact) mass is 405 g/mol. The summed E-state index contributed by atoms with van der Waals surface area (Å²) < 4.78 is 33.3. The second kappa shape index (κ2) is 8.12. The van der Waals surface area contributed by atoms with Gasteiger partial charge in [-0.05, 0) is 30.2 Å². The van der Waals surface area contributed by atoms with Crippen molar-refractivity contribution in [2.75, 3.05) is 7.11 Å². The molecule has 3 aromatic rings. The molecule has 0 fully saturated rings. The number of aromatic amines is 1. The van der Waals surface area contributed by atoms with Crippen LogP contribution < -0.4 is 9.46 Å². The summed E-state index contributed by atoms with van der Waals surface area (Å²) in [4.78, 5) is 7.63. The predicted octanol–water partition coefficient (Wildman–Crippen LogP) is 4.17. The summed E-state index contributed by atoms with van der Waals surface area (Å²) in [5, 5.41) is 0.234. The van der Waals surface area contributed by atoms with E-state index in [-0.39, 0.29) is 9.92 Å². The van der Waals surface area contributed by atoms with E-state index >= 15 is 0 Å². The number of nitrogens with one attached hydrogen (secondary N) is 2. The Bertz CT molecular complexity index is 1020. The Morgan fingerprint density at radius 3 is 2.59 bits per heavy atom. The van der Waals surface area contributed by atoms with Crippen molar-refractivity contribution < 1.29 is 13.2 Å². The third kappa shape index (κ3) is 4.32. The molecule has 142 valence electrons. The zero-order valence-electron chi connectivity index (χ0n) is 14.9. The van der Waals surface area contributed by atoms with Crippen molar-refractivity contribution >= 4 is 21.6 Å². The third-order valence-corrected chi connectivity index (χ3v) is 5.91. The molecule has 2 N–H and O–H groups in total. The third-order valence-electron chi connectivity index (χ3n) is 4.15. The van der Waals surface area contributed by atoms with Crippen LogP contribution in [0.5, 0.6) is 5.75 Å². The molecule has 1 atom stereocenters. The molecule has 1 unspecified atom stereocenters. The van der Waals surface area contributed by atoms with E-state index in [1.807, 2.05) is 37.3 Å². The zero-order valence-corrected chi connectivity index (χ0v) is 16.5. The van der Waals surface area contributed by atoms with Crippen LogP contribution >= 0.6 is 11.6 Å². The quantitative estimate of drug-likeness (QED) is 0.617. The highest BCUT2D eigenvalue weighted by atomic mass is 35.5. The Morgan fingerprint density at radius 1 is 1.22 bits per heavy atom. The van der Waals surface area contributed by atoms with Crippen LogP contribution in [0.3, 0.4) is 0 Å². The number of benzene rings is 2. The van der Waals surface area contributed by atoms with Crippen LogP contribution in [-0.4, -0.2) is 25.5 Å². The molecule has 0 aliphatic carbocycles. The molecule has 8 heteroatoms. The van der Waals surface area contributed by atoms with Gasteiger partial charge in [-0.1, -0.05) is 48.9 Å². The second-order valence-corrected chi connectivity index (χ2v) is 8.05. The Labute approximate surface area is 163 Å². The molecule has 0 amide bonds. The first-order valence-corrected chi connectivity index (χ1v) is 10.3. The van der Waals surface area contributed by atoms with E-state index in [0.29, 0.717) is 18.0 Å². The fourth-order valence-corrected chi connectivity index (χ4v) is 4.31. The van der Waals surface area contributed by atoms with Crippen LogP contribution in [0, 0.1) is 0 Å². The van der Waals surface area contributed by atoms with Gasteiger partial charge in [0.2, 0.25) is 10.0 Å². The van der Waals surface area contributed by atoms with Gasteiger partial charge >= 0.3 is 0 Å². The maximum absolute atomic E-state index is 12.8. The molecule has 0 saturated carbocycles. The van der Waals surface area contributed by atoms with E-state index in [9.17, 15) is 8.42 Å². The number of aromatic nitrogens is 2. The number of nitrogens with zero attached hydrogens (tertiary/aromatic N) is 1. The topological polar surface area (TPSA) is 84.1 Å². The molecule has 3 rings (SSSR count). The lowest BCUT2D eigenvalue weighted by molar-refractivity contribution is 0.414. The predicted molar refractivity (Wildman–Crippen MR) is 105 cm³/mol. The normalized spacial score (nSPS) is 12.7. The molecule has 0 aliphatic rings. The summed E-state index contributed by atoms with van der Waals surface area (Å²) in [5.41, 5.74) is 1.81. The summed E-state index contributed by atoms with van der Waals surface area (Å²) in [5.74, 6) is 0.973. The smallest absolute Gasteiger partial charge is 0.241 e. The van der Waals surface area contributed by atoms with Crippen molar-refractivity contribution in [3.05, 3.63) is 65.6 Å². The minimum Gasteiger partial charge on any atom is -0.495 e. The average molecular weight is 406 g/mol. The van der Waals surface area contributed by atoms with Crippen molar-refractivity contribution in [2.45, 2.75) is 24.3 Å². The zero-order chi connectivity index (χ0) is 19.4. The number of hydrogen-bond donors (Lipinski definition) is 2. The summed E-state index contributed by atoms with van der Waals surface area (Å²) in [6.45, 7) is 1.89. The van der Waals surface area contributed by atoms with Gasteiger partial charge in [0.1, 0.15) is 11.6 Å². The summed E-state index contributed by atoms with van der Waals surface area (Å²) in [7, 11) is -2.30. The number of hydrogen-bond acceptors (Lipinski definition) is 4. The molecular formula is C19H20ClN3O3S. The number of sulfonamides is 1. The number of ether oxygens (including phenoxy) is 1. The van der Waals surface area contributed by atoms with Crippen molar-refractivity contribution in [1.29, 1.82) is 0 Å². The minimum atomic E-state index is -3.77. The molecule has 0 bridgehead atoms. The van der Waals surface area contributed by atoms with Crippen LogP contribution in [0.2, 0.25) is 5.02 Å². The first kappa shape index (κ1) is 19.4. The van der Waals surface area contributed by atoms with Crippen LogP contribution in [0.4, 0.5) is 0 Å². The lowest BCUT2D eigenvalue weighted by atomic mass is 10.2. The van der Waals surface area contributed by atoms with Gasteiger partial charge < -0.3 is 9.72 Å². The Balaban J connectivity index is 1.84. The second-order valence-electron chi connectivity index (χ2n) is 5.93. The van der Waals surface area contributed by atoms with Crippen molar-refractivity contribution in [3.8, 4) is 17.0 Å². The molecule has 6 nitrogen and oxygen atoms in total. The van der Waals surface area contributed by atoms with Gasteiger partial charge in [-0.25, -0.2) is 18.1 Å². The molecule has 0 radical (unpaired) electrons. The van der Waals surface area contributed by atoms with Crippen molar-refractivity contribution in [2.24, 2.45) is 0 Å². The molecular weight excluding hydrogens is 386 g/mol. The first-order chi connectivity index (χ1) is 12.9. The summed E-state index contributed by atoms with van der Waals surface area (Å²) in [6.07, 6.45) is 2.23. The number of H-pyrrole nitrogens is 1. The summed E-state index contributed by atoms with van der Waals surface area (Å²) >= 11 is 6.06. The van der Waals surface area contributed by atoms with E-state index in [1.54, 1.807) is 6.20 Å². The number of rotatable bonds is 7. The molecule has 0 spiro atoms. The molecule has 1 heterocycles. The number of methoxy groups -OCH3 is 1. The van der Waals surface area contributed by atoms with Gasteiger partial charge in [0, 0.05) is 0 Å². The van der Waals surface area contributed by atoms with Gasteiger partial charge in [-0.2, -0.15) is 0 Å². The molecule has 27 heavy (non-hydrogen) atoms. The van der Waals surface area contributed by atoms with E-state index in [0.717, 1.165) is 11.3 Å². The van der Waals surface area contributed by atoms with E-state index in [2.05, 4.69) is 14.7 Å². The summed E-state index contributed by atoms with van der Waals surface area (Å²) in [6, 6.07) is 13.6. The maximum atomic E-state index is 12.8. The first-order valence-electron chi connectivity index (χ1n) is 8.40. The highest BCUT2D eigenvalue weighted by Gasteiger charge is 2.23. The van der Waals surface area contributed by atoms with Gasteiger partial charge in [0.15, 0.2) is 0 Å². The molecule has 2 aromatic carbocycles. The molecule has 1 aromatic heterocycles. The van der Waals surface area contributed by atoms with Gasteiger partial charge in [-0.3, -0.25) is 0 Å². The Kier molecular flexibility index (Phi) is 5.84. The SMILES string of the molecule is CCC(NS(=O)(=O)c1ccc(OC)c(Cl)c1)c1ncc(-c2ccccc2)[nH]1. The lowest BCUT2D eigenvalue weighted by Gasteiger charge is -2.15. The van der Waals surface area contributed by atoms with E-state index < -0.39 is 16.1 Å². The van der Waals surface area contributed by atoms with Crippen molar-refractivity contribution in [3.63, 3.8) is 0 Å². The Hall–Kier alpha value is -2.35. The fraction of sp³-hybridized carbons (Fsp3) is 0.211. The standard InChI is InChI=1S/C19H20ClN3O3S/c1-3-16(19-21-12-17(22-19)13-7-5-4-6-8-13)23-27(24,25)14-9-10-18(26-2)15(20)11-14/h4-12,16,23H,3H2,1-2H3,(H,21,22). The Morgan fingerprint density at radius 2 is 1.96 bits per heavy atom. The van der Waals surface area contributed by atoms with Crippen LogP contribution in [0.15, 0.2) is 59.6 Å². The van der Waals surface area contributed by atoms with Gasteiger partial charge in [-0.15, -0.1) is 0 Å². The highest BCUT2D eigenvalue weighted by Crippen LogP contribution is 2.28. The van der Waals surface area contributed by atoms with Crippen molar-refractivity contribution in [1.82, 2.24) is 14.7 Å². The minimum absolute atomic E-state index is 0.0709. The average Bonchev–Trinajstić information content (AvgIpc) is 3.17. The fourth-order valence-electron chi connectivity index (χ4n) is 2.68. The van der Waals surface area contributed by atoms with Crippen LogP contribution in [-0.2, 0) is 10.0 Å². The highest BCUT2D eigenvalue weighted by molar-refractivity contribution is 7.89. The van der Waals surface area contributed by atoms with E-state index in [4.69, 9.17) is 16.3 Å². The number of halogens is 1. The van der Waals surface area contributed by atoms with Gasteiger partial charge in [0.25, 0.3) is 0 Å². The van der Waals surface area contributed by atoms with Gasteiger partial charge in [0.05, 0.1) is 35.0 Å².